The van der Waals surface area contributed by atoms with Crippen LogP contribution in [0.25, 0.3) is 0 Å². The van der Waals surface area contributed by atoms with Gasteiger partial charge in [-0.15, -0.1) is 0 Å². The molecule has 0 saturated heterocycles. The summed E-state index contributed by atoms with van der Waals surface area (Å²) in [5.74, 6) is 0.549. The first-order valence-electron chi connectivity index (χ1n) is 14.7. The molecular formula is C33H52NO3+. The lowest BCUT2D eigenvalue weighted by Crippen LogP contribution is -2.53. The number of carbonyl (C=O) groups is 1. The second-order valence-electron chi connectivity index (χ2n) is 11.0. The van der Waals surface area contributed by atoms with E-state index in [4.69, 9.17) is 9.47 Å². The van der Waals surface area contributed by atoms with E-state index in [1.165, 1.54) is 75.3 Å². The van der Waals surface area contributed by atoms with Crippen LogP contribution in [0.15, 0.2) is 54.6 Å². The third-order valence-electron chi connectivity index (χ3n) is 7.24. The number of ether oxygens (including phenoxy) is 2. The van der Waals surface area contributed by atoms with E-state index in [0.29, 0.717) is 10.9 Å². The molecule has 0 fully saturated rings. The van der Waals surface area contributed by atoms with E-state index in [2.05, 4.69) is 45.3 Å². The van der Waals surface area contributed by atoms with Crippen LogP contribution in [-0.4, -0.2) is 36.9 Å². The van der Waals surface area contributed by atoms with E-state index < -0.39 is 6.29 Å². The number of likely N-dealkylation sites (N-methyl/N-ethyl adjacent to an activating group) is 1. The molecule has 0 bridgehead atoms. The average Bonchev–Trinajstić information content (AvgIpc) is 2.86. The quantitative estimate of drug-likeness (QED) is 0.0823. The first-order valence-corrected chi connectivity index (χ1v) is 14.7. The molecule has 0 spiro atoms. The van der Waals surface area contributed by atoms with Gasteiger partial charge in [-0.3, -0.25) is 0 Å². The molecule has 0 heterocycles. The fourth-order valence-corrected chi connectivity index (χ4v) is 5.16. The Bertz CT molecular complexity index is 880. The topological polar surface area (TPSA) is 35.5 Å². The van der Waals surface area contributed by atoms with E-state index >= 15 is 0 Å². The van der Waals surface area contributed by atoms with Crippen LogP contribution in [0.1, 0.15) is 103 Å². The van der Waals surface area contributed by atoms with Gasteiger partial charge in [0.15, 0.2) is 6.04 Å². The van der Waals surface area contributed by atoms with Crippen LogP contribution < -0.4 is 4.74 Å². The number of esters is 1. The van der Waals surface area contributed by atoms with Gasteiger partial charge in [0.25, 0.3) is 0 Å². The van der Waals surface area contributed by atoms with Crippen LogP contribution in [0.2, 0.25) is 0 Å². The van der Waals surface area contributed by atoms with Crippen LogP contribution >= 0.6 is 0 Å². The van der Waals surface area contributed by atoms with Crippen molar-refractivity contribution in [3.05, 3.63) is 65.7 Å². The Morgan fingerprint density at radius 3 is 2.00 bits per heavy atom. The first kappa shape index (κ1) is 30.9. The van der Waals surface area contributed by atoms with E-state index in [1.54, 1.807) is 6.92 Å². The number of nitrogens with zero attached hydrogens (tertiary/aromatic N) is 1. The third-order valence-corrected chi connectivity index (χ3v) is 7.24. The molecule has 4 nitrogen and oxygen atoms in total. The van der Waals surface area contributed by atoms with Gasteiger partial charge in [-0.05, 0) is 30.5 Å². The van der Waals surface area contributed by atoms with Crippen molar-refractivity contribution in [1.29, 1.82) is 0 Å². The molecule has 0 radical (unpaired) electrons. The zero-order chi connectivity index (χ0) is 26.9. The fraction of sp³-hybridized carbons (Fsp3) is 0.606. The number of hydrogen-bond acceptors (Lipinski definition) is 3. The number of quaternary nitrogens is 1. The molecule has 2 aromatic carbocycles. The molecule has 2 rings (SSSR count). The van der Waals surface area contributed by atoms with Crippen molar-refractivity contribution >= 4 is 5.97 Å². The van der Waals surface area contributed by atoms with Crippen molar-refractivity contribution in [3.63, 3.8) is 0 Å². The molecule has 2 unspecified atom stereocenters. The Morgan fingerprint density at radius 1 is 0.784 bits per heavy atom. The standard InChI is InChI=1S/C33H52NO3/c1-6-8-9-10-11-12-13-14-15-17-21-29-24-20-25-31(26-29)36-28(3)37-33(35)32(7-2)34(4,5)27-30-22-18-16-19-23-30/h16,18-20,22-26,28,32H,6-15,17,21,27H2,1-5H3/q+1. The number of aryl methyl sites for hydroxylation is 1. The highest BCUT2D eigenvalue weighted by Crippen LogP contribution is 2.21. The summed E-state index contributed by atoms with van der Waals surface area (Å²) < 4.78 is 12.3. The highest BCUT2D eigenvalue weighted by Gasteiger charge is 2.36. The highest BCUT2D eigenvalue weighted by atomic mass is 16.7. The van der Waals surface area contributed by atoms with Gasteiger partial charge in [0, 0.05) is 18.9 Å². The van der Waals surface area contributed by atoms with Gasteiger partial charge in [0.2, 0.25) is 6.29 Å². The second-order valence-corrected chi connectivity index (χ2v) is 11.0. The maximum absolute atomic E-state index is 13.1. The van der Waals surface area contributed by atoms with Crippen LogP contribution in [0, 0.1) is 0 Å². The molecule has 37 heavy (non-hydrogen) atoms. The summed E-state index contributed by atoms with van der Waals surface area (Å²) in [6.07, 6.45) is 14.6. The van der Waals surface area contributed by atoms with E-state index in [0.717, 1.165) is 18.7 Å². The van der Waals surface area contributed by atoms with Gasteiger partial charge in [0.05, 0.1) is 14.1 Å². The Balaban J connectivity index is 1.74. The molecule has 2 aromatic rings. The van der Waals surface area contributed by atoms with Gasteiger partial charge in [-0.2, -0.15) is 0 Å². The normalized spacial score (nSPS) is 13.2. The van der Waals surface area contributed by atoms with Crippen molar-refractivity contribution in [1.82, 2.24) is 0 Å². The monoisotopic (exact) mass is 510 g/mol. The third kappa shape index (κ3) is 12.2. The minimum absolute atomic E-state index is 0.211. The maximum atomic E-state index is 13.1. The minimum Gasteiger partial charge on any atom is -0.455 e. The SMILES string of the molecule is CCCCCCCCCCCCc1cccc(OC(C)OC(=O)C(CC)[N+](C)(C)Cc2ccccc2)c1. The minimum atomic E-state index is -0.633. The molecule has 4 heteroatoms. The lowest BCUT2D eigenvalue weighted by Gasteiger charge is -2.36. The molecule has 0 saturated carbocycles. The smallest absolute Gasteiger partial charge is 0.368 e. The van der Waals surface area contributed by atoms with Gasteiger partial charge < -0.3 is 14.0 Å². The Kier molecular flexibility index (Phi) is 14.4. The molecule has 0 aliphatic carbocycles. The molecular weight excluding hydrogens is 458 g/mol. The summed E-state index contributed by atoms with van der Waals surface area (Å²) in [6.45, 7) is 6.88. The summed E-state index contributed by atoms with van der Waals surface area (Å²) >= 11 is 0. The largest absolute Gasteiger partial charge is 0.455 e. The summed E-state index contributed by atoms with van der Waals surface area (Å²) in [7, 11) is 4.18. The van der Waals surface area contributed by atoms with Crippen molar-refractivity contribution in [2.45, 2.75) is 117 Å². The molecule has 0 aliphatic rings. The van der Waals surface area contributed by atoms with Crippen LogP contribution in [0.5, 0.6) is 5.75 Å². The summed E-state index contributed by atoms with van der Waals surface area (Å²) in [6, 6.07) is 18.3. The zero-order valence-electron chi connectivity index (χ0n) is 24.2. The van der Waals surface area contributed by atoms with E-state index in [1.807, 2.05) is 37.3 Å². The molecule has 206 valence electrons. The average molecular weight is 511 g/mol. The van der Waals surface area contributed by atoms with Gasteiger partial charge in [0.1, 0.15) is 12.3 Å². The van der Waals surface area contributed by atoms with Crippen LogP contribution in [-0.2, 0) is 22.5 Å². The van der Waals surface area contributed by atoms with Crippen molar-refractivity contribution in [3.8, 4) is 5.75 Å². The Labute approximate surface area is 227 Å². The number of carbonyl (C=O) groups excluding carboxylic acids is 1. The van der Waals surface area contributed by atoms with Crippen molar-refractivity contribution in [2.75, 3.05) is 14.1 Å². The van der Waals surface area contributed by atoms with Gasteiger partial charge in [-0.1, -0.05) is 114 Å². The summed E-state index contributed by atoms with van der Waals surface area (Å²) in [5, 5.41) is 0. The predicted molar refractivity (Wildman–Crippen MR) is 155 cm³/mol. The van der Waals surface area contributed by atoms with Crippen LogP contribution in [0.3, 0.4) is 0 Å². The van der Waals surface area contributed by atoms with Crippen molar-refractivity contribution in [2.24, 2.45) is 0 Å². The number of unbranched alkanes of at least 4 members (excludes halogenated alkanes) is 9. The maximum Gasteiger partial charge on any atom is 0.368 e. The molecule has 0 N–H and O–H groups in total. The van der Waals surface area contributed by atoms with Gasteiger partial charge >= 0.3 is 5.97 Å². The second kappa shape index (κ2) is 17.2. The predicted octanol–water partition coefficient (Wildman–Crippen LogP) is 8.47. The summed E-state index contributed by atoms with van der Waals surface area (Å²) in [4.78, 5) is 13.1. The van der Waals surface area contributed by atoms with E-state index in [-0.39, 0.29) is 12.0 Å². The van der Waals surface area contributed by atoms with Gasteiger partial charge in [-0.25, -0.2) is 4.79 Å². The van der Waals surface area contributed by atoms with E-state index in [9.17, 15) is 4.79 Å². The lowest BCUT2D eigenvalue weighted by molar-refractivity contribution is -0.919. The lowest BCUT2D eigenvalue weighted by atomic mass is 10.0. The zero-order valence-corrected chi connectivity index (χ0v) is 24.2. The van der Waals surface area contributed by atoms with Crippen molar-refractivity contribution < 1.29 is 18.8 Å². The first-order chi connectivity index (χ1) is 17.9. The molecule has 0 aliphatic heterocycles. The molecule has 0 amide bonds. The summed E-state index contributed by atoms with van der Waals surface area (Å²) in [5.41, 5.74) is 2.49. The Hall–Kier alpha value is -2.33. The Morgan fingerprint density at radius 2 is 1.38 bits per heavy atom. The molecule has 0 aromatic heterocycles. The number of rotatable bonds is 19. The highest BCUT2D eigenvalue weighted by molar-refractivity contribution is 5.74. The molecule has 2 atom stereocenters. The number of benzene rings is 2. The fourth-order valence-electron chi connectivity index (χ4n) is 5.16. The van der Waals surface area contributed by atoms with Crippen LogP contribution in [0.4, 0.5) is 0 Å². The number of hydrogen-bond donors (Lipinski definition) is 0.